The molecule has 4 nitrogen and oxygen atoms in total. The van der Waals surface area contributed by atoms with Gasteiger partial charge in [-0.3, -0.25) is 4.79 Å². The molecule has 24 heavy (non-hydrogen) atoms. The summed E-state index contributed by atoms with van der Waals surface area (Å²) in [4.78, 5) is 16.4. The van der Waals surface area contributed by atoms with E-state index in [0.29, 0.717) is 23.0 Å². The van der Waals surface area contributed by atoms with Crippen molar-refractivity contribution in [3.63, 3.8) is 0 Å². The molecule has 5 heteroatoms. The highest BCUT2D eigenvalue weighted by Gasteiger charge is 2.19. The third-order valence-corrected chi connectivity index (χ3v) is 4.07. The minimum atomic E-state index is -0.199. The fourth-order valence-corrected chi connectivity index (χ4v) is 2.66. The molecule has 1 heterocycles. The number of aliphatic imine (C=N–C) groups is 1. The Morgan fingerprint density at radius 1 is 1.17 bits per heavy atom. The molecule has 0 aliphatic carbocycles. The van der Waals surface area contributed by atoms with E-state index >= 15 is 0 Å². The molecule has 1 aliphatic rings. The lowest BCUT2D eigenvalue weighted by Gasteiger charge is -2.04. The summed E-state index contributed by atoms with van der Waals surface area (Å²) in [5, 5.41) is 3.41. The first-order chi connectivity index (χ1) is 11.7. The maximum atomic E-state index is 12.1. The summed E-state index contributed by atoms with van der Waals surface area (Å²) < 4.78 is 5.22. The van der Waals surface area contributed by atoms with Crippen LogP contribution in [0.4, 0.5) is 0 Å². The fourth-order valence-electron chi connectivity index (χ4n) is 2.47. The maximum absolute atomic E-state index is 12.1. The first-order valence-corrected chi connectivity index (χ1v) is 8.01. The van der Waals surface area contributed by atoms with E-state index in [1.54, 1.807) is 19.3 Å². The van der Waals surface area contributed by atoms with Gasteiger partial charge in [-0.2, -0.15) is 0 Å². The zero-order valence-electron chi connectivity index (χ0n) is 13.3. The van der Waals surface area contributed by atoms with Crippen LogP contribution >= 0.6 is 11.6 Å². The van der Waals surface area contributed by atoms with Crippen molar-refractivity contribution in [2.24, 2.45) is 4.99 Å². The highest BCUT2D eigenvalue weighted by atomic mass is 35.5. The van der Waals surface area contributed by atoms with Crippen molar-refractivity contribution in [2.45, 2.75) is 12.8 Å². The SMILES string of the molecule is COc1cccc(CCC2=N/C(=C\c3ccccc3Cl)C(=O)N2)c1. The van der Waals surface area contributed by atoms with Crippen LogP contribution in [-0.2, 0) is 11.2 Å². The first-order valence-electron chi connectivity index (χ1n) is 7.64. The Morgan fingerprint density at radius 2 is 2.00 bits per heavy atom. The van der Waals surface area contributed by atoms with Crippen molar-refractivity contribution < 1.29 is 9.53 Å². The smallest absolute Gasteiger partial charge is 0.275 e. The van der Waals surface area contributed by atoms with Gasteiger partial charge in [0.25, 0.3) is 5.91 Å². The van der Waals surface area contributed by atoms with E-state index in [4.69, 9.17) is 16.3 Å². The summed E-state index contributed by atoms with van der Waals surface area (Å²) in [7, 11) is 1.65. The zero-order valence-corrected chi connectivity index (χ0v) is 14.0. The normalized spacial score (nSPS) is 15.3. The predicted molar refractivity (Wildman–Crippen MR) is 96.3 cm³/mol. The second-order valence-electron chi connectivity index (χ2n) is 5.42. The fraction of sp³-hybridized carbons (Fsp3) is 0.158. The molecule has 1 N–H and O–H groups in total. The number of carbonyl (C=O) groups excluding carboxylic acids is 1. The Labute approximate surface area is 145 Å². The first kappa shape index (κ1) is 16.3. The number of aryl methyl sites for hydroxylation is 1. The van der Waals surface area contributed by atoms with Gasteiger partial charge in [0.1, 0.15) is 17.3 Å². The molecule has 0 atom stereocenters. The lowest BCUT2D eigenvalue weighted by Crippen LogP contribution is -2.24. The molecule has 1 amide bonds. The standard InChI is InChI=1S/C19H17ClN2O2/c1-24-15-7-4-5-13(11-15)9-10-18-21-17(19(23)22-18)12-14-6-2-3-8-16(14)20/h2-8,11-12H,9-10H2,1H3,(H,21,22,23)/b17-12-. The van der Waals surface area contributed by atoms with Gasteiger partial charge >= 0.3 is 0 Å². The Kier molecular flexibility index (Phi) is 4.96. The van der Waals surface area contributed by atoms with Crippen LogP contribution in [0.5, 0.6) is 5.75 Å². The monoisotopic (exact) mass is 340 g/mol. The molecule has 0 spiro atoms. The van der Waals surface area contributed by atoms with Gasteiger partial charge in [0.05, 0.1) is 7.11 Å². The number of halogens is 1. The molecule has 0 aromatic heterocycles. The Morgan fingerprint density at radius 3 is 2.79 bits per heavy atom. The molecule has 2 aromatic rings. The van der Waals surface area contributed by atoms with Crippen molar-refractivity contribution in [1.29, 1.82) is 0 Å². The zero-order chi connectivity index (χ0) is 16.9. The number of benzene rings is 2. The second kappa shape index (κ2) is 7.32. The Balaban J connectivity index is 1.71. The molecule has 122 valence electrons. The van der Waals surface area contributed by atoms with Crippen LogP contribution < -0.4 is 10.1 Å². The van der Waals surface area contributed by atoms with Crippen molar-refractivity contribution in [3.05, 3.63) is 70.4 Å². The number of methoxy groups -OCH3 is 1. The minimum Gasteiger partial charge on any atom is -0.497 e. The lowest BCUT2D eigenvalue weighted by atomic mass is 10.1. The van der Waals surface area contributed by atoms with Gasteiger partial charge in [0.15, 0.2) is 0 Å². The third-order valence-electron chi connectivity index (χ3n) is 3.73. The van der Waals surface area contributed by atoms with Gasteiger partial charge < -0.3 is 10.1 Å². The number of hydrogen-bond donors (Lipinski definition) is 1. The van der Waals surface area contributed by atoms with Crippen LogP contribution in [0.25, 0.3) is 6.08 Å². The van der Waals surface area contributed by atoms with E-state index < -0.39 is 0 Å². The number of amides is 1. The third kappa shape index (κ3) is 3.84. The number of amidine groups is 1. The Hall–Kier alpha value is -2.59. The molecular formula is C19H17ClN2O2. The second-order valence-corrected chi connectivity index (χ2v) is 5.82. The number of carbonyl (C=O) groups is 1. The molecular weight excluding hydrogens is 324 g/mol. The quantitative estimate of drug-likeness (QED) is 0.840. The van der Waals surface area contributed by atoms with Crippen LogP contribution in [0.15, 0.2) is 59.2 Å². The van der Waals surface area contributed by atoms with E-state index in [1.807, 2.05) is 42.5 Å². The molecule has 0 fully saturated rings. The van der Waals surface area contributed by atoms with Gasteiger partial charge in [-0.15, -0.1) is 0 Å². The van der Waals surface area contributed by atoms with Crippen LogP contribution in [0.3, 0.4) is 0 Å². The number of hydrogen-bond acceptors (Lipinski definition) is 3. The average molecular weight is 341 g/mol. The summed E-state index contributed by atoms with van der Waals surface area (Å²) in [5.41, 5.74) is 2.29. The minimum absolute atomic E-state index is 0.199. The van der Waals surface area contributed by atoms with Crippen LogP contribution in [0, 0.1) is 0 Å². The number of ether oxygens (including phenoxy) is 1. The van der Waals surface area contributed by atoms with Gasteiger partial charge in [0, 0.05) is 11.4 Å². The summed E-state index contributed by atoms with van der Waals surface area (Å²) in [6.07, 6.45) is 3.13. The number of nitrogens with one attached hydrogen (secondary N) is 1. The molecule has 3 rings (SSSR count). The topological polar surface area (TPSA) is 50.7 Å². The molecule has 1 aliphatic heterocycles. The largest absolute Gasteiger partial charge is 0.497 e. The van der Waals surface area contributed by atoms with Crippen LogP contribution in [0.1, 0.15) is 17.5 Å². The van der Waals surface area contributed by atoms with E-state index in [2.05, 4.69) is 10.3 Å². The van der Waals surface area contributed by atoms with E-state index in [-0.39, 0.29) is 5.91 Å². The highest BCUT2D eigenvalue weighted by Crippen LogP contribution is 2.21. The van der Waals surface area contributed by atoms with Gasteiger partial charge in [-0.25, -0.2) is 4.99 Å². The highest BCUT2D eigenvalue weighted by molar-refractivity contribution is 6.32. The molecule has 0 radical (unpaired) electrons. The molecule has 0 saturated heterocycles. The Bertz CT molecular complexity index is 828. The molecule has 0 bridgehead atoms. The van der Waals surface area contributed by atoms with Gasteiger partial charge in [0.2, 0.25) is 0 Å². The van der Waals surface area contributed by atoms with Gasteiger partial charge in [-0.05, 0) is 41.8 Å². The van der Waals surface area contributed by atoms with E-state index in [9.17, 15) is 4.79 Å². The predicted octanol–water partition coefficient (Wildman–Crippen LogP) is 3.85. The van der Waals surface area contributed by atoms with Crippen molar-refractivity contribution >= 4 is 29.4 Å². The van der Waals surface area contributed by atoms with Crippen molar-refractivity contribution in [3.8, 4) is 5.75 Å². The summed E-state index contributed by atoms with van der Waals surface area (Å²) >= 11 is 6.12. The van der Waals surface area contributed by atoms with E-state index in [1.165, 1.54) is 0 Å². The van der Waals surface area contributed by atoms with Crippen molar-refractivity contribution in [1.82, 2.24) is 5.32 Å². The van der Waals surface area contributed by atoms with E-state index in [0.717, 1.165) is 23.3 Å². The lowest BCUT2D eigenvalue weighted by molar-refractivity contribution is -0.115. The molecule has 0 unspecified atom stereocenters. The maximum Gasteiger partial charge on any atom is 0.275 e. The summed E-state index contributed by atoms with van der Waals surface area (Å²) in [6, 6.07) is 15.2. The van der Waals surface area contributed by atoms with Crippen LogP contribution in [-0.4, -0.2) is 18.9 Å². The molecule has 0 saturated carbocycles. The van der Waals surface area contributed by atoms with Crippen molar-refractivity contribution in [2.75, 3.05) is 7.11 Å². The average Bonchev–Trinajstić information content (AvgIpc) is 2.95. The van der Waals surface area contributed by atoms with Crippen LogP contribution in [0.2, 0.25) is 5.02 Å². The number of nitrogens with zero attached hydrogens (tertiary/aromatic N) is 1. The summed E-state index contributed by atoms with van der Waals surface area (Å²) in [5.74, 6) is 1.29. The molecule has 2 aromatic carbocycles. The summed E-state index contributed by atoms with van der Waals surface area (Å²) in [6.45, 7) is 0. The van der Waals surface area contributed by atoms with Gasteiger partial charge in [-0.1, -0.05) is 41.9 Å². The number of rotatable bonds is 5.